The Labute approximate surface area is 93.5 Å². The first-order valence-corrected chi connectivity index (χ1v) is 5.22. The number of H-pyrrole nitrogens is 1. The lowest BCUT2D eigenvalue weighted by molar-refractivity contribution is 0.628. The summed E-state index contributed by atoms with van der Waals surface area (Å²) in [5.74, 6) is -0.237. The van der Waals surface area contributed by atoms with Gasteiger partial charge in [0.15, 0.2) is 0 Å². The Balaban J connectivity index is 2.37. The maximum atomic E-state index is 12.8. The van der Waals surface area contributed by atoms with Gasteiger partial charge in [-0.15, -0.1) is 0 Å². The number of halogens is 1. The number of benzene rings is 1. The standard InChI is InChI=1S/C12H14FN3/c1-8-11(6-7-14)15-16-12(8)9-2-4-10(13)5-3-9/h2-5H,6-7,14H2,1H3,(H,15,16). The maximum absolute atomic E-state index is 12.8. The normalized spacial score (nSPS) is 10.7. The molecule has 0 saturated carbocycles. The highest BCUT2D eigenvalue weighted by molar-refractivity contribution is 5.63. The van der Waals surface area contributed by atoms with E-state index in [1.165, 1.54) is 12.1 Å². The predicted molar refractivity (Wildman–Crippen MR) is 61.5 cm³/mol. The predicted octanol–water partition coefficient (Wildman–Crippen LogP) is 2.03. The zero-order valence-electron chi connectivity index (χ0n) is 9.13. The van der Waals surface area contributed by atoms with E-state index in [2.05, 4.69) is 10.2 Å². The lowest BCUT2D eigenvalue weighted by Gasteiger charge is -1.99. The zero-order chi connectivity index (χ0) is 11.5. The largest absolute Gasteiger partial charge is 0.330 e. The van der Waals surface area contributed by atoms with E-state index in [9.17, 15) is 4.39 Å². The average Bonchev–Trinajstić information content (AvgIpc) is 2.63. The number of aromatic amines is 1. The summed E-state index contributed by atoms with van der Waals surface area (Å²) in [6.45, 7) is 2.58. The van der Waals surface area contributed by atoms with Crippen molar-refractivity contribution in [3.63, 3.8) is 0 Å². The molecule has 2 aromatic rings. The third kappa shape index (κ3) is 1.97. The molecule has 0 amide bonds. The summed E-state index contributed by atoms with van der Waals surface area (Å²) in [6.07, 6.45) is 0.778. The summed E-state index contributed by atoms with van der Waals surface area (Å²) >= 11 is 0. The molecule has 0 aliphatic rings. The van der Waals surface area contributed by atoms with Crippen molar-refractivity contribution in [2.45, 2.75) is 13.3 Å². The fourth-order valence-electron chi connectivity index (χ4n) is 1.71. The molecule has 2 rings (SSSR count). The topological polar surface area (TPSA) is 54.7 Å². The molecule has 0 unspecified atom stereocenters. The van der Waals surface area contributed by atoms with E-state index in [-0.39, 0.29) is 5.82 Å². The Morgan fingerprint density at radius 3 is 2.62 bits per heavy atom. The third-order valence-electron chi connectivity index (χ3n) is 2.62. The van der Waals surface area contributed by atoms with Crippen molar-refractivity contribution < 1.29 is 4.39 Å². The van der Waals surface area contributed by atoms with Crippen molar-refractivity contribution in [1.29, 1.82) is 0 Å². The van der Waals surface area contributed by atoms with E-state index >= 15 is 0 Å². The number of hydrogen-bond acceptors (Lipinski definition) is 2. The average molecular weight is 219 g/mol. The van der Waals surface area contributed by atoms with Crippen molar-refractivity contribution in [2.24, 2.45) is 5.73 Å². The highest BCUT2D eigenvalue weighted by atomic mass is 19.1. The molecule has 0 aliphatic heterocycles. The van der Waals surface area contributed by atoms with Crippen LogP contribution in [0.1, 0.15) is 11.3 Å². The second kappa shape index (κ2) is 4.45. The summed E-state index contributed by atoms with van der Waals surface area (Å²) < 4.78 is 12.8. The number of nitrogens with one attached hydrogen (secondary N) is 1. The third-order valence-corrected chi connectivity index (χ3v) is 2.62. The van der Waals surface area contributed by atoms with Crippen LogP contribution < -0.4 is 5.73 Å². The van der Waals surface area contributed by atoms with Gasteiger partial charge in [-0.1, -0.05) is 0 Å². The molecule has 0 radical (unpaired) electrons. The van der Waals surface area contributed by atoms with Crippen LogP contribution in [0, 0.1) is 12.7 Å². The van der Waals surface area contributed by atoms with Gasteiger partial charge in [-0.25, -0.2) is 4.39 Å². The summed E-state index contributed by atoms with van der Waals surface area (Å²) in [4.78, 5) is 0. The van der Waals surface area contributed by atoms with Crippen molar-refractivity contribution in [3.8, 4) is 11.3 Å². The van der Waals surface area contributed by atoms with Crippen LogP contribution in [0.25, 0.3) is 11.3 Å². The molecule has 1 heterocycles. The van der Waals surface area contributed by atoms with Gasteiger partial charge in [-0.2, -0.15) is 5.10 Å². The van der Waals surface area contributed by atoms with E-state index in [1.54, 1.807) is 12.1 Å². The number of rotatable bonds is 3. The molecule has 0 saturated heterocycles. The lowest BCUT2D eigenvalue weighted by Crippen LogP contribution is -2.03. The van der Waals surface area contributed by atoms with E-state index in [4.69, 9.17) is 5.73 Å². The van der Waals surface area contributed by atoms with Gasteiger partial charge in [0.1, 0.15) is 5.82 Å². The molecule has 0 bridgehead atoms. The van der Waals surface area contributed by atoms with E-state index < -0.39 is 0 Å². The van der Waals surface area contributed by atoms with Gasteiger partial charge >= 0.3 is 0 Å². The van der Waals surface area contributed by atoms with Crippen molar-refractivity contribution in [2.75, 3.05) is 6.54 Å². The van der Waals surface area contributed by atoms with Crippen LogP contribution in [0.3, 0.4) is 0 Å². The molecule has 84 valence electrons. The maximum Gasteiger partial charge on any atom is 0.123 e. The number of hydrogen-bond donors (Lipinski definition) is 2. The Hall–Kier alpha value is -1.68. The molecule has 0 spiro atoms. The SMILES string of the molecule is Cc1c(-c2ccc(F)cc2)n[nH]c1CCN. The van der Waals surface area contributed by atoms with Crippen LogP contribution in [0.2, 0.25) is 0 Å². The summed E-state index contributed by atoms with van der Waals surface area (Å²) in [7, 11) is 0. The van der Waals surface area contributed by atoms with Gasteiger partial charge in [0, 0.05) is 17.7 Å². The van der Waals surface area contributed by atoms with Crippen molar-refractivity contribution >= 4 is 0 Å². The minimum atomic E-state index is -0.237. The molecular formula is C12H14FN3. The monoisotopic (exact) mass is 219 g/mol. The Bertz CT molecular complexity index is 474. The molecule has 0 atom stereocenters. The highest BCUT2D eigenvalue weighted by Gasteiger charge is 2.09. The van der Waals surface area contributed by atoms with Crippen LogP contribution in [-0.4, -0.2) is 16.7 Å². The number of nitrogens with zero attached hydrogens (tertiary/aromatic N) is 1. The fraction of sp³-hybridized carbons (Fsp3) is 0.250. The zero-order valence-corrected chi connectivity index (χ0v) is 9.13. The first-order chi connectivity index (χ1) is 7.72. The molecule has 1 aromatic carbocycles. The second-order valence-corrected chi connectivity index (χ2v) is 3.72. The van der Waals surface area contributed by atoms with Gasteiger partial charge < -0.3 is 5.73 Å². The van der Waals surface area contributed by atoms with Gasteiger partial charge in [0.05, 0.1) is 5.69 Å². The highest BCUT2D eigenvalue weighted by Crippen LogP contribution is 2.23. The fourth-order valence-corrected chi connectivity index (χ4v) is 1.71. The lowest BCUT2D eigenvalue weighted by atomic mass is 10.1. The summed E-state index contributed by atoms with van der Waals surface area (Å²) in [5.41, 5.74) is 9.40. The molecule has 1 aromatic heterocycles. The molecular weight excluding hydrogens is 205 g/mol. The van der Waals surface area contributed by atoms with Crippen LogP contribution in [0.15, 0.2) is 24.3 Å². The van der Waals surface area contributed by atoms with Gasteiger partial charge in [0.25, 0.3) is 0 Å². The van der Waals surface area contributed by atoms with Crippen molar-refractivity contribution in [3.05, 3.63) is 41.3 Å². The summed E-state index contributed by atoms with van der Waals surface area (Å²) in [6, 6.07) is 6.33. The van der Waals surface area contributed by atoms with Crippen LogP contribution in [0.4, 0.5) is 4.39 Å². The van der Waals surface area contributed by atoms with Gasteiger partial charge in [-0.3, -0.25) is 5.10 Å². The minimum absolute atomic E-state index is 0.237. The van der Waals surface area contributed by atoms with Crippen LogP contribution in [0.5, 0.6) is 0 Å². The number of nitrogens with two attached hydrogens (primary N) is 1. The Kier molecular flexibility index (Phi) is 3.01. The molecule has 3 nitrogen and oxygen atoms in total. The van der Waals surface area contributed by atoms with Crippen LogP contribution in [-0.2, 0) is 6.42 Å². The first kappa shape index (κ1) is 10.8. The number of aromatic nitrogens is 2. The van der Waals surface area contributed by atoms with Gasteiger partial charge in [0.2, 0.25) is 0 Å². The van der Waals surface area contributed by atoms with E-state index in [1.807, 2.05) is 6.92 Å². The second-order valence-electron chi connectivity index (χ2n) is 3.72. The Morgan fingerprint density at radius 1 is 1.31 bits per heavy atom. The summed E-state index contributed by atoms with van der Waals surface area (Å²) in [5, 5.41) is 7.20. The Morgan fingerprint density at radius 2 is 2.00 bits per heavy atom. The molecule has 0 aliphatic carbocycles. The molecule has 16 heavy (non-hydrogen) atoms. The van der Waals surface area contributed by atoms with Crippen molar-refractivity contribution in [1.82, 2.24) is 10.2 Å². The smallest absolute Gasteiger partial charge is 0.123 e. The van der Waals surface area contributed by atoms with E-state index in [0.717, 1.165) is 28.9 Å². The van der Waals surface area contributed by atoms with E-state index in [0.29, 0.717) is 6.54 Å². The first-order valence-electron chi connectivity index (χ1n) is 5.22. The molecule has 3 N–H and O–H groups in total. The molecule has 4 heteroatoms. The molecule has 0 fully saturated rings. The van der Waals surface area contributed by atoms with Crippen LogP contribution >= 0.6 is 0 Å². The quantitative estimate of drug-likeness (QED) is 0.829. The minimum Gasteiger partial charge on any atom is -0.330 e. The van der Waals surface area contributed by atoms with Gasteiger partial charge in [-0.05, 0) is 43.3 Å².